The van der Waals surface area contributed by atoms with E-state index in [2.05, 4.69) is 42.8 Å². The van der Waals surface area contributed by atoms with Gasteiger partial charge < -0.3 is 16.0 Å². The number of rotatable bonds is 11. The maximum Gasteiger partial charge on any atom is 0.354 e. The number of hydrogen-bond acceptors (Lipinski definition) is 6. The van der Waals surface area contributed by atoms with E-state index in [-0.39, 0.29) is 17.1 Å². The van der Waals surface area contributed by atoms with Crippen LogP contribution in [0.15, 0.2) is 59.7 Å². The molecule has 5 aromatic rings. The molecule has 0 amide bonds. The molecule has 11 heteroatoms. The predicted octanol–water partition coefficient (Wildman–Crippen LogP) is 6.17. The lowest BCUT2D eigenvalue weighted by Crippen LogP contribution is -2.36. The highest BCUT2D eigenvalue weighted by atomic mass is 35.5. The van der Waals surface area contributed by atoms with Crippen molar-refractivity contribution in [2.45, 2.75) is 82.8 Å². The minimum absolute atomic E-state index is 0.0647. The fraction of sp³-hybridized carbons (Fsp3) is 0.394. The molecule has 4 heterocycles. The zero-order valence-electron chi connectivity index (χ0n) is 24.8. The van der Waals surface area contributed by atoms with Gasteiger partial charge in [0.2, 0.25) is 0 Å². The number of aromatic amines is 2. The Labute approximate surface area is 260 Å². The molecule has 1 aliphatic heterocycles. The normalized spacial score (nSPS) is 17.7. The van der Waals surface area contributed by atoms with Gasteiger partial charge in [0.05, 0.1) is 28.3 Å². The summed E-state index contributed by atoms with van der Waals surface area (Å²) in [5.41, 5.74) is 10.6. The lowest BCUT2D eigenvalue weighted by Gasteiger charge is -2.31. The van der Waals surface area contributed by atoms with E-state index in [1.165, 1.54) is 23.0 Å². The van der Waals surface area contributed by atoms with Gasteiger partial charge >= 0.3 is 5.69 Å². The van der Waals surface area contributed by atoms with Gasteiger partial charge in [-0.15, -0.1) is 0 Å². The van der Waals surface area contributed by atoms with Crippen LogP contribution in [0, 0.1) is 5.82 Å². The van der Waals surface area contributed by atoms with Crippen LogP contribution in [-0.2, 0) is 12.8 Å². The van der Waals surface area contributed by atoms with Crippen LogP contribution >= 0.6 is 11.6 Å². The van der Waals surface area contributed by atoms with Crippen molar-refractivity contribution >= 4 is 22.6 Å². The molecule has 1 fully saturated rings. The first-order valence-corrected chi connectivity index (χ1v) is 15.8. The van der Waals surface area contributed by atoms with Gasteiger partial charge in [0.1, 0.15) is 5.65 Å². The average molecular weight is 617 g/mol. The Bertz CT molecular complexity index is 1760. The summed E-state index contributed by atoms with van der Waals surface area (Å²) in [7, 11) is 0. The Morgan fingerprint density at radius 2 is 1.98 bits per heavy atom. The van der Waals surface area contributed by atoms with Crippen molar-refractivity contribution < 1.29 is 4.39 Å². The van der Waals surface area contributed by atoms with Gasteiger partial charge in [0, 0.05) is 35.3 Å². The first-order valence-electron chi connectivity index (χ1n) is 15.4. The monoisotopic (exact) mass is 616 g/mol. The van der Waals surface area contributed by atoms with Gasteiger partial charge in [0.25, 0.3) is 0 Å². The number of nitrogens with one attached hydrogen (secondary N) is 3. The van der Waals surface area contributed by atoms with Crippen molar-refractivity contribution in [3.63, 3.8) is 0 Å². The lowest BCUT2D eigenvalue weighted by molar-refractivity contribution is 0.308. The third-order valence-corrected chi connectivity index (χ3v) is 8.79. The molecule has 0 spiro atoms. The topological polar surface area (TPSA) is 130 Å². The van der Waals surface area contributed by atoms with Crippen molar-refractivity contribution in [2.75, 3.05) is 0 Å². The molecule has 1 saturated heterocycles. The highest BCUT2D eigenvalue weighted by Crippen LogP contribution is 2.32. The second-order valence-electron chi connectivity index (χ2n) is 12.0. The summed E-state index contributed by atoms with van der Waals surface area (Å²) >= 11 is 6.26. The first-order chi connectivity index (χ1) is 21.3. The molecule has 44 heavy (non-hydrogen) atoms. The molecule has 3 aromatic heterocycles. The molecule has 1 aliphatic rings. The van der Waals surface area contributed by atoms with E-state index in [0.717, 1.165) is 61.9 Å². The Hall–Kier alpha value is -3.86. The summed E-state index contributed by atoms with van der Waals surface area (Å²) in [6, 6.07) is 14.2. The Morgan fingerprint density at radius 1 is 1.14 bits per heavy atom. The minimum Gasteiger partial charge on any atom is -0.339 e. The quantitative estimate of drug-likeness (QED) is 0.140. The maximum absolute atomic E-state index is 15.1. The van der Waals surface area contributed by atoms with E-state index >= 15 is 4.39 Å². The smallest absolute Gasteiger partial charge is 0.339 e. The molecule has 0 aliphatic carbocycles. The molecule has 5 N–H and O–H groups in total. The van der Waals surface area contributed by atoms with E-state index in [1.807, 2.05) is 25.1 Å². The summed E-state index contributed by atoms with van der Waals surface area (Å²) in [5, 5.41) is 15.3. The second kappa shape index (κ2) is 13.4. The third-order valence-electron chi connectivity index (χ3n) is 8.52. The van der Waals surface area contributed by atoms with Crippen LogP contribution in [0.5, 0.6) is 0 Å². The van der Waals surface area contributed by atoms with Gasteiger partial charge in [-0.3, -0.25) is 4.57 Å². The zero-order valence-corrected chi connectivity index (χ0v) is 25.6. The number of piperidine rings is 1. The highest BCUT2D eigenvalue weighted by molar-refractivity contribution is 6.31. The predicted molar refractivity (Wildman–Crippen MR) is 172 cm³/mol. The fourth-order valence-electron chi connectivity index (χ4n) is 6.19. The van der Waals surface area contributed by atoms with Crippen molar-refractivity contribution in [1.82, 2.24) is 35.3 Å². The molecule has 230 valence electrons. The molecule has 3 atom stereocenters. The molecule has 0 radical (unpaired) electrons. The number of aryl methyl sites for hydroxylation is 2. The van der Waals surface area contributed by atoms with Crippen LogP contribution in [-0.4, -0.2) is 42.0 Å². The van der Waals surface area contributed by atoms with Crippen molar-refractivity contribution in [1.29, 1.82) is 0 Å². The van der Waals surface area contributed by atoms with E-state index in [1.54, 1.807) is 24.5 Å². The molecule has 9 nitrogen and oxygen atoms in total. The highest BCUT2D eigenvalue weighted by Gasteiger charge is 2.22. The SMILES string of the molecule is C[C@H](N)CCCc1cc(Cl)c(F)c(-c2cc3cn(-c4ccc([C@@H]5CCC[C@@H](CCCc6cn[nH]n6)N5)cc4)c(=O)nc3[nH]2)c1. The number of aromatic nitrogens is 6. The van der Waals surface area contributed by atoms with Crippen LogP contribution in [0.1, 0.15) is 74.7 Å². The van der Waals surface area contributed by atoms with E-state index in [4.69, 9.17) is 17.3 Å². The van der Waals surface area contributed by atoms with Gasteiger partial charge in [0.15, 0.2) is 5.82 Å². The summed E-state index contributed by atoms with van der Waals surface area (Å²) in [5.74, 6) is -0.506. The Morgan fingerprint density at radius 3 is 2.75 bits per heavy atom. The summed E-state index contributed by atoms with van der Waals surface area (Å²) in [6.07, 6.45) is 12.5. The van der Waals surface area contributed by atoms with Crippen molar-refractivity contribution in [3.05, 3.63) is 93.0 Å². The number of H-pyrrole nitrogens is 2. The molecule has 0 bridgehead atoms. The lowest BCUT2D eigenvalue weighted by atomic mass is 9.91. The number of fused-ring (bicyclic) bond motifs is 1. The molecular formula is C33H38ClFN8O. The van der Waals surface area contributed by atoms with Crippen LogP contribution in [0.4, 0.5) is 4.39 Å². The van der Waals surface area contributed by atoms with E-state index in [9.17, 15) is 4.79 Å². The van der Waals surface area contributed by atoms with Gasteiger partial charge in [-0.05, 0) is 99.7 Å². The van der Waals surface area contributed by atoms with Crippen molar-refractivity contribution in [3.8, 4) is 16.9 Å². The number of halogens is 2. The standard InChI is InChI=1S/C33H38ClFN8O/c1-20(36)5-2-6-21-15-27(31(35)28(34)16-21)30-17-23-19-43(33(44)40-32(23)39-30)26-13-11-22(12-14-26)29-10-4-8-24(38-29)7-3-9-25-18-37-42-41-25/h11-20,24,29,38H,2-10,36H2,1H3,(H,37,41,42)(H,39,40,44)/t20-,24+,29-/m0/s1. The van der Waals surface area contributed by atoms with Gasteiger partial charge in [-0.25, -0.2) is 9.18 Å². The third kappa shape index (κ3) is 6.93. The molecule has 2 aromatic carbocycles. The number of benzene rings is 2. The van der Waals surface area contributed by atoms with Crippen LogP contribution in [0.3, 0.4) is 0 Å². The zero-order chi connectivity index (χ0) is 30.6. The van der Waals surface area contributed by atoms with Crippen LogP contribution < -0.4 is 16.7 Å². The molecule has 0 saturated carbocycles. The minimum atomic E-state index is -0.506. The largest absolute Gasteiger partial charge is 0.354 e. The molecular weight excluding hydrogens is 579 g/mol. The van der Waals surface area contributed by atoms with E-state index < -0.39 is 11.5 Å². The summed E-state index contributed by atoms with van der Waals surface area (Å²) in [4.78, 5) is 20.4. The second-order valence-corrected chi connectivity index (χ2v) is 12.4. The fourth-order valence-corrected chi connectivity index (χ4v) is 6.43. The number of nitrogens with two attached hydrogens (primary N) is 1. The van der Waals surface area contributed by atoms with Crippen molar-refractivity contribution in [2.24, 2.45) is 5.73 Å². The van der Waals surface area contributed by atoms with Crippen LogP contribution in [0.25, 0.3) is 28.0 Å². The van der Waals surface area contributed by atoms with Gasteiger partial charge in [-0.1, -0.05) is 30.2 Å². The average Bonchev–Trinajstić information content (AvgIpc) is 3.68. The maximum atomic E-state index is 15.1. The first kappa shape index (κ1) is 30.2. The molecule has 0 unspecified atom stereocenters. The van der Waals surface area contributed by atoms with Crippen LogP contribution in [0.2, 0.25) is 5.02 Å². The summed E-state index contributed by atoms with van der Waals surface area (Å²) in [6.45, 7) is 1.97. The number of hydrogen-bond donors (Lipinski definition) is 4. The number of nitrogens with zero attached hydrogens (tertiary/aromatic N) is 4. The summed E-state index contributed by atoms with van der Waals surface area (Å²) < 4.78 is 16.7. The molecule has 6 rings (SSSR count). The Kier molecular flexibility index (Phi) is 9.20. The van der Waals surface area contributed by atoms with E-state index in [0.29, 0.717) is 28.3 Å². The van der Waals surface area contributed by atoms with Gasteiger partial charge in [-0.2, -0.15) is 20.4 Å². The Balaban J connectivity index is 1.17.